The minimum atomic E-state index is -2.06. The van der Waals surface area contributed by atoms with Crippen molar-refractivity contribution in [2.24, 2.45) is 0 Å². The lowest BCUT2D eigenvalue weighted by Gasteiger charge is -2.39. The van der Waals surface area contributed by atoms with Gasteiger partial charge in [0.05, 0.1) is 0 Å². The van der Waals surface area contributed by atoms with Gasteiger partial charge in [-0.05, 0) is 44.4 Å². The molecule has 1 atom stereocenters. The van der Waals surface area contributed by atoms with Gasteiger partial charge in [0.15, 0.2) is 0 Å². The summed E-state index contributed by atoms with van der Waals surface area (Å²) in [5, 5.41) is 0. The molecule has 27 heavy (non-hydrogen) atoms. The zero-order valence-electron chi connectivity index (χ0n) is 17.0. The molecule has 3 rings (SSSR count). The maximum Gasteiger partial charge on any atom is 0.368 e. The molecular formula is C23H34O3Si. The van der Waals surface area contributed by atoms with Crippen molar-refractivity contribution >= 4 is 8.56 Å². The first-order valence-electron chi connectivity index (χ1n) is 10.3. The molecule has 0 aromatic heterocycles. The third-order valence-electron chi connectivity index (χ3n) is 4.76. The zero-order valence-corrected chi connectivity index (χ0v) is 18.0. The lowest BCUT2D eigenvalue weighted by molar-refractivity contribution is 0.0396. The maximum absolute atomic E-state index is 5.97. The van der Waals surface area contributed by atoms with Crippen molar-refractivity contribution in [3.63, 3.8) is 0 Å². The van der Waals surface area contributed by atoms with Crippen molar-refractivity contribution < 1.29 is 13.6 Å². The monoisotopic (exact) mass is 386 g/mol. The van der Waals surface area contributed by atoms with Crippen LogP contribution in [0.15, 0.2) is 60.7 Å². The lowest BCUT2D eigenvalue weighted by atomic mass is 10.1. The van der Waals surface area contributed by atoms with E-state index in [1.807, 2.05) is 32.9 Å². The van der Waals surface area contributed by atoms with Gasteiger partial charge in [-0.3, -0.25) is 0 Å². The summed E-state index contributed by atoms with van der Waals surface area (Å²) in [5.74, 6) is 0. The molecule has 1 unspecified atom stereocenters. The molecule has 2 aromatic rings. The molecule has 1 fully saturated rings. The van der Waals surface area contributed by atoms with Gasteiger partial charge in [-0.15, -0.1) is 0 Å². The van der Waals surface area contributed by atoms with Gasteiger partial charge in [0, 0.05) is 19.8 Å². The Morgan fingerprint density at radius 2 is 1.26 bits per heavy atom. The van der Waals surface area contributed by atoms with E-state index in [2.05, 4.69) is 48.5 Å². The van der Waals surface area contributed by atoms with E-state index < -0.39 is 8.56 Å². The molecule has 2 aromatic carbocycles. The van der Waals surface area contributed by atoms with Crippen LogP contribution in [0.2, 0.25) is 6.04 Å². The van der Waals surface area contributed by atoms with Crippen LogP contribution in [0.1, 0.15) is 40.0 Å². The highest BCUT2D eigenvalue weighted by molar-refractivity contribution is 6.69. The van der Waals surface area contributed by atoms with Crippen molar-refractivity contribution in [1.29, 1.82) is 0 Å². The fourth-order valence-electron chi connectivity index (χ4n) is 3.62. The predicted octanol–water partition coefficient (Wildman–Crippen LogP) is 5.98. The summed E-state index contributed by atoms with van der Waals surface area (Å²) in [7, 11) is -2.06. The molecule has 0 radical (unpaired) electrons. The Balaban J connectivity index is 0.000000198. The van der Waals surface area contributed by atoms with Gasteiger partial charge < -0.3 is 13.6 Å². The van der Waals surface area contributed by atoms with Crippen LogP contribution in [0, 0.1) is 0 Å². The second-order valence-corrected chi connectivity index (χ2v) is 9.94. The topological polar surface area (TPSA) is 27.7 Å². The third kappa shape index (κ3) is 6.57. The van der Waals surface area contributed by atoms with Crippen molar-refractivity contribution in [3.8, 4) is 11.1 Å². The van der Waals surface area contributed by atoms with E-state index in [0.29, 0.717) is 0 Å². The van der Waals surface area contributed by atoms with E-state index in [4.69, 9.17) is 13.6 Å². The average Bonchev–Trinajstić information content (AvgIpc) is 2.72. The van der Waals surface area contributed by atoms with Crippen LogP contribution in [-0.4, -0.2) is 34.1 Å². The van der Waals surface area contributed by atoms with E-state index in [1.54, 1.807) is 0 Å². The molecular weight excluding hydrogens is 352 g/mol. The molecule has 1 saturated heterocycles. The molecule has 3 nitrogen and oxygen atoms in total. The molecule has 148 valence electrons. The van der Waals surface area contributed by atoms with Crippen LogP contribution in [0.4, 0.5) is 0 Å². The number of hydrogen-bond acceptors (Lipinski definition) is 3. The molecule has 0 aliphatic carbocycles. The first-order chi connectivity index (χ1) is 13.3. The summed E-state index contributed by atoms with van der Waals surface area (Å²) in [6, 6.07) is 21.9. The Morgan fingerprint density at radius 3 is 1.70 bits per heavy atom. The summed E-state index contributed by atoms with van der Waals surface area (Å²) in [6.45, 7) is 8.40. The predicted molar refractivity (Wildman–Crippen MR) is 115 cm³/mol. The Hall–Kier alpha value is -1.46. The summed E-state index contributed by atoms with van der Waals surface area (Å²) in [6.07, 6.45) is 3.59. The van der Waals surface area contributed by atoms with Gasteiger partial charge in [0.1, 0.15) is 5.73 Å². The highest BCUT2D eigenvalue weighted by Gasteiger charge is 2.48. The Kier molecular flexibility index (Phi) is 9.77. The number of rotatable bonds is 7. The van der Waals surface area contributed by atoms with E-state index in [-0.39, 0.29) is 5.73 Å². The Labute approximate surface area is 165 Å². The smallest absolute Gasteiger partial charge is 0.368 e. The van der Waals surface area contributed by atoms with Gasteiger partial charge >= 0.3 is 8.56 Å². The quantitative estimate of drug-likeness (QED) is 0.548. The van der Waals surface area contributed by atoms with Gasteiger partial charge in [0.25, 0.3) is 0 Å². The fraction of sp³-hybridized carbons (Fsp3) is 0.478. The highest BCUT2D eigenvalue weighted by atomic mass is 28.4. The van der Waals surface area contributed by atoms with Crippen molar-refractivity contribution in [2.45, 2.75) is 51.8 Å². The van der Waals surface area contributed by atoms with Gasteiger partial charge in [-0.25, -0.2) is 0 Å². The number of benzene rings is 2. The second-order valence-electron chi connectivity index (χ2n) is 6.60. The van der Waals surface area contributed by atoms with Crippen LogP contribution in [-0.2, 0) is 13.6 Å². The summed E-state index contributed by atoms with van der Waals surface area (Å²) in [4.78, 5) is 0. The molecule has 0 amide bonds. The maximum atomic E-state index is 5.97. The van der Waals surface area contributed by atoms with E-state index in [1.165, 1.54) is 24.0 Å². The van der Waals surface area contributed by atoms with Crippen LogP contribution < -0.4 is 0 Å². The lowest BCUT2D eigenvalue weighted by Crippen LogP contribution is -2.56. The SMILES string of the molecule is CCOC1CCCC[Si]1(OCC)OCC.c1ccc(-c2ccccc2)cc1. The van der Waals surface area contributed by atoms with Crippen LogP contribution in [0.5, 0.6) is 0 Å². The van der Waals surface area contributed by atoms with Crippen LogP contribution in [0.3, 0.4) is 0 Å². The van der Waals surface area contributed by atoms with Crippen molar-refractivity contribution in [1.82, 2.24) is 0 Å². The zero-order chi connectivity index (χ0) is 19.4. The number of hydrogen-bond donors (Lipinski definition) is 0. The fourth-order valence-corrected chi connectivity index (χ4v) is 7.47. The second kappa shape index (κ2) is 12.1. The van der Waals surface area contributed by atoms with Crippen molar-refractivity contribution in [3.05, 3.63) is 60.7 Å². The molecule has 1 aliphatic rings. The standard InChI is InChI=1S/C12H10.C11H24O3Si/c1-3-7-11(8-4-1)12-9-5-2-6-10-12;1-4-12-11-9-7-8-10-15(11,13-5-2)14-6-3/h1-10H;11H,4-10H2,1-3H3. The largest absolute Gasteiger partial charge is 0.393 e. The Bertz CT molecular complexity index is 567. The summed E-state index contributed by atoms with van der Waals surface area (Å²) in [5.41, 5.74) is 2.80. The normalized spacial score (nSPS) is 18.4. The van der Waals surface area contributed by atoms with E-state index in [9.17, 15) is 0 Å². The van der Waals surface area contributed by atoms with E-state index in [0.717, 1.165) is 32.3 Å². The molecule has 1 aliphatic heterocycles. The van der Waals surface area contributed by atoms with E-state index >= 15 is 0 Å². The van der Waals surface area contributed by atoms with Crippen LogP contribution >= 0.6 is 0 Å². The Morgan fingerprint density at radius 1 is 0.741 bits per heavy atom. The number of ether oxygens (including phenoxy) is 1. The summed E-state index contributed by atoms with van der Waals surface area (Å²) < 4.78 is 17.8. The average molecular weight is 387 g/mol. The molecule has 1 heterocycles. The first-order valence-corrected chi connectivity index (χ1v) is 12.4. The van der Waals surface area contributed by atoms with Gasteiger partial charge in [-0.2, -0.15) is 0 Å². The van der Waals surface area contributed by atoms with Crippen molar-refractivity contribution in [2.75, 3.05) is 19.8 Å². The first kappa shape index (κ1) is 21.8. The molecule has 0 saturated carbocycles. The molecule has 4 heteroatoms. The molecule has 0 spiro atoms. The molecule has 0 N–H and O–H groups in total. The van der Waals surface area contributed by atoms with Gasteiger partial charge in [-0.1, -0.05) is 73.5 Å². The highest BCUT2D eigenvalue weighted by Crippen LogP contribution is 2.32. The van der Waals surface area contributed by atoms with Gasteiger partial charge in [0.2, 0.25) is 0 Å². The minimum Gasteiger partial charge on any atom is -0.393 e. The summed E-state index contributed by atoms with van der Waals surface area (Å²) >= 11 is 0. The third-order valence-corrected chi connectivity index (χ3v) is 8.80. The minimum absolute atomic E-state index is 0.246. The van der Waals surface area contributed by atoms with Crippen LogP contribution in [0.25, 0.3) is 11.1 Å². The molecule has 0 bridgehead atoms.